The number of nitrogens with zero attached hydrogens (tertiary/aromatic N) is 3. The highest BCUT2D eigenvalue weighted by Gasteiger charge is 2.28. The summed E-state index contributed by atoms with van der Waals surface area (Å²) in [5.41, 5.74) is 0. The number of nitriles is 1. The van der Waals surface area contributed by atoms with Crippen LogP contribution in [-0.2, 0) is 0 Å². The molecule has 1 heterocycles. The lowest BCUT2D eigenvalue weighted by Gasteiger charge is -2.36. The molecule has 2 rings (SSSR count). The van der Waals surface area contributed by atoms with Gasteiger partial charge in [-0.15, -0.1) is 0 Å². The summed E-state index contributed by atoms with van der Waals surface area (Å²) in [5.74, 6) is 0.994. The van der Waals surface area contributed by atoms with Gasteiger partial charge in [0.2, 0.25) is 0 Å². The van der Waals surface area contributed by atoms with Crippen LogP contribution in [0.5, 0.6) is 0 Å². The second-order valence-electron chi connectivity index (χ2n) is 5.21. The van der Waals surface area contributed by atoms with Crippen LogP contribution in [0.3, 0.4) is 0 Å². The van der Waals surface area contributed by atoms with Crippen LogP contribution in [-0.4, -0.2) is 48.6 Å². The molecule has 0 spiro atoms. The van der Waals surface area contributed by atoms with Crippen molar-refractivity contribution < 1.29 is 0 Å². The first-order valence-electron chi connectivity index (χ1n) is 6.69. The average Bonchev–Trinajstić information content (AvgIpc) is 3.11. The molecule has 16 heavy (non-hydrogen) atoms. The van der Waals surface area contributed by atoms with Gasteiger partial charge in [0.1, 0.15) is 0 Å². The smallest absolute Gasteiger partial charge is 0.0978 e. The third-order valence-corrected chi connectivity index (χ3v) is 3.77. The predicted octanol–water partition coefficient (Wildman–Crippen LogP) is 1.71. The number of piperazine rings is 1. The maximum atomic E-state index is 9.13. The van der Waals surface area contributed by atoms with Gasteiger partial charge in [-0.1, -0.05) is 13.3 Å². The third kappa shape index (κ3) is 3.20. The van der Waals surface area contributed by atoms with Crippen molar-refractivity contribution in [1.29, 1.82) is 5.26 Å². The molecule has 0 amide bonds. The zero-order valence-electron chi connectivity index (χ0n) is 10.4. The number of hydrogen-bond donors (Lipinski definition) is 0. The van der Waals surface area contributed by atoms with Gasteiger partial charge in [0.25, 0.3) is 0 Å². The lowest BCUT2D eigenvalue weighted by atomic mass is 10.1. The van der Waals surface area contributed by atoms with E-state index >= 15 is 0 Å². The summed E-state index contributed by atoms with van der Waals surface area (Å²) < 4.78 is 0. The molecule has 1 unspecified atom stereocenters. The SMILES string of the molecule is CCCC(C#N)N1CCN(CC2CC2)CC1. The van der Waals surface area contributed by atoms with E-state index < -0.39 is 0 Å². The number of hydrogen-bond acceptors (Lipinski definition) is 3. The molecule has 0 aromatic heterocycles. The molecule has 2 aliphatic rings. The summed E-state index contributed by atoms with van der Waals surface area (Å²) in [4.78, 5) is 4.95. The molecular weight excluding hydrogens is 198 g/mol. The Morgan fingerprint density at radius 3 is 2.44 bits per heavy atom. The lowest BCUT2D eigenvalue weighted by molar-refractivity contribution is 0.107. The van der Waals surface area contributed by atoms with Gasteiger partial charge in [-0.2, -0.15) is 5.26 Å². The van der Waals surface area contributed by atoms with Crippen molar-refractivity contribution in [2.24, 2.45) is 5.92 Å². The minimum absolute atomic E-state index is 0.160. The van der Waals surface area contributed by atoms with Gasteiger partial charge in [0.15, 0.2) is 0 Å². The van der Waals surface area contributed by atoms with Crippen LogP contribution in [0.1, 0.15) is 32.6 Å². The molecule has 0 radical (unpaired) electrons. The van der Waals surface area contributed by atoms with E-state index in [1.54, 1.807) is 0 Å². The summed E-state index contributed by atoms with van der Waals surface area (Å²) in [6, 6.07) is 2.61. The highest BCUT2D eigenvalue weighted by molar-refractivity contribution is 4.93. The lowest BCUT2D eigenvalue weighted by Crippen LogP contribution is -2.50. The molecule has 0 aromatic carbocycles. The van der Waals surface area contributed by atoms with E-state index in [1.807, 2.05) is 0 Å². The minimum atomic E-state index is 0.160. The number of rotatable bonds is 5. The molecule has 1 aliphatic carbocycles. The van der Waals surface area contributed by atoms with E-state index in [0.29, 0.717) is 0 Å². The molecule has 2 fully saturated rings. The molecule has 1 saturated carbocycles. The maximum Gasteiger partial charge on any atom is 0.0978 e. The van der Waals surface area contributed by atoms with Crippen LogP contribution in [0, 0.1) is 17.2 Å². The van der Waals surface area contributed by atoms with Gasteiger partial charge in [-0.05, 0) is 25.2 Å². The van der Waals surface area contributed by atoms with Crippen LogP contribution >= 0.6 is 0 Å². The summed E-state index contributed by atoms with van der Waals surface area (Å²) in [7, 11) is 0. The molecule has 0 bridgehead atoms. The van der Waals surface area contributed by atoms with Crippen molar-refractivity contribution in [2.45, 2.75) is 38.6 Å². The Kier molecular flexibility index (Phi) is 4.20. The van der Waals surface area contributed by atoms with Crippen LogP contribution in [0.25, 0.3) is 0 Å². The zero-order chi connectivity index (χ0) is 11.4. The van der Waals surface area contributed by atoms with Gasteiger partial charge in [0, 0.05) is 32.7 Å². The average molecular weight is 221 g/mol. The van der Waals surface area contributed by atoms with Crippen molar-refractivity contribution in [3.8, 4) is 6.07 Å². The van der Waals surface area contributed by atoms with E-state index in [2.05, 4.69) is 22.8 Å². The second-order valence-corrected chi connectivity index (χ2v) is 5.21. The predicted molar refractivity (Wildman–Crippen MR) is 65.0 cm³/mol. The van der Waals surface area contributed by atoms with Crippen LogP contribution in [0.4, 0.5) is 0 Å². The Bertz CT molecular complexity index is 246. The standard InChI is InChI=1S/C13H23N3/c1-2-3-13(10-14)16-8-6-15(7-9-16)11-12-4-5-12/h12-13H,2-9,11H2,1H3. The Morgan fingerprint density at radius 1 is 1.25 bits per heavy atom. The van der Waals surface area contributed by atoms with Gasteiger partial charge >= 0.3 is 0 Å². The van der Waals surface area contributed by atoms with Crippen molar-refractivity contribution in [2.75, 3.05) is 32.7 Å². The Labute approximate surface area is 99.0 Å². The molecule has 0 aromatic rings. The van der Waals surface area contributed by atoms with Gasteiger partial charge in [0.05, 0.1) is 12.1 Å². The molecule has 0 N–H and O–H groups in total. The fourth-order valence-electron chi connectivity index (χ4n) is 2.53. The van der Waals surface area contributed by atoms with Crippen molar-refractivity contribution in [3.05, 3.63) is 0 Å². The van der Waals surface area contributed by atoms with Crippen molar-refractivity contribution >= 4 is 0 Å². The van der Waals surface area contributed by atoms with Gasteiger partial charge < -0.3 is 4.90 Å². The first-order valence-corrected chi connectivity index (χ1v) is 6.69. The molecule has 90 valence electrons. The summed E-state index contributed by atoms with van der Waals surface area (Å²) >= 11 is 0. The summed E-state index contributed by atoms with van der Waals surface area (Å²) in [5, 5.41) is 9.13. The fraction of sp³-hybridized carbons (Fsp3) is 0.923. The molecular formula is C13H23N3. The highest BCUT2D eigenvalue weighted by Crippen LogP contribution is 2.30. The first-order chi connectivity index (χ1) is 7.83. The largest absolute Gasteiger partial charge is 0.301 e. The summed E-state index contributed by atoms with van der Waals surface area (Å²) in [6.07, 6.45) is 5.02. The first kappa shape index (κ1) is 11.9. The Balaban J connectivity index is 1.72. The van der Waals surface area contributed by atoms with E-state index in [-0.39, 0.29) is 6.04 Å². The van der Waals surface area contributed by atoms with Gasteiger partial charge in [-0.3, -0.25) is 4.90 Å². The Hall–Kier alpha value is -0.590. The molecule has 3 heteroatoms. The topological polar surface area (TPSA) is 30.3 Å². The quantitative estimate of drug-likeness (QED) is 0.708. The van der Waals surface area contributed by atoms with E-state index in [0.717, 1.165) is 31.8 Å². The Morgan fingerprint density at radius 2 is 1.94 bits per heavy atom. The summed E-state index contributed by atoms with van der Waals surface area (Å²) in [6.45, 7) is 7.97. The molecule has 3 nitrogen and oxygen atoms in total. The fourth-order valence-corrected chi connectivity index (χ4v) is 2.53. The maximum absolute atomic E-state index is 9.13. The monoisotopic (exact) mass is 221 g/mol. The van der Waals surface area contributed by atoms with Gasteiger partial charge in [-0.25, -0.2) is 0 Å². The second kappa shape index (κ2) is 5.65. The molecule has 1 saturated heterocycles. The van der Waals surface area contributed by atoms with Crippen molar-refractivity contribution in [1.82, 2.24) is 9.80 Å². The van der Waals surface area contributed by atoms with E-state index in [4.69, 9.17) is 5.26 Å². The van der Waals surface area contributed by atoms with Crippen LogP contribution in [0.2, 0.25) is 0 Å². The third-order valence-electron chi connectivity index (χ3n) is 3.77. The zero-order valence-corrected chi connectivity index (χ0v) is 10.4. The van der Waals surface area contributed by atoms with E-state index in [9.17, 15) is 0 Å². The molecule has 1 aliphatic heterocycles. The van der Waals surface area contributed by atoms with Crippen LogP contribution in [0.15, 0.2) is 0 Å². The highest BCUT2D eigenvalue weighted by atomic mass is 15.3. The van der Waals surface area contributed by atoms with Crippen molar-refractivity contribution in [3.63, 3.8) is 0 Å². The molecule has 1 atom stereocenters. The van der Waals surface area contributed by atoms with E-state index in [1.165, 1.54) is 32.5 Å². The van der Waals surface area contributed by atoms with Crippen LogP contribution < -0.4 is 0 Å². The normalized spacial score (nSPS) is 25.2. The minimum Gasteiger partial charge on any atom is -0.301 e.